The molecule has 4 saturated heterocycles. The Hall–Kier alpha value is -12.7. The van der Waals surface area contributed by atoms with E-state index >= 15 is 0 Å². The van der Waals surface area contributed by atoms with Crippen LogP contribution in [-0.4, -0.2) is 180 Å². The molecular weight excluding hydrogens is 1280 g/mol. The van der Waals surface area contributed by atoms with E-state index < -0.39 is 0 Å². The number of hydrogen-bond acceptors (Lipinski definition) is 18. The van der Waals surface area contributed by atoms with Crippen LogP contribution in [0, 0.1) is 95.3 Å². The van der Waals surface area contributed by atoms with Gasteiger partial charge in [-0.05, 0) is 136 Å². The number of aryl methyl sites for hydroxylation is 4. The van der Waals surface area contributed by atoms with E-state index in [1.807, 2.05) is 171 Å². The fourth-order valence-electron chi connectivity index (χ4n) is 11.2. The molecule has 8 aromatic rings. The molecule has 12 rings (SSSR count). The van der Waals surface area contributed by atoms with Gasteiger partial charge in [-0.3, -0.25) is 29.8 Å². The standard InChI is InChI=1S/2C20H20N4O2.2C20H21N3O2/c1-16-5-8-18(9-6-16)10-7-17(2)22-12-14-23(15-13-22)20-19(24(25)26)4-3-11-21-20;1-16-6-3-4-7-18(16)10-9-17(2)22-12-14-23(15-13-22)20-19(24(25)26)8-5-11-21-20;1-16-6-5-9-19(21-16)22-12-14-23(15-13-22)20(24)11-10-17-7-3-4-8-18(17)25-2;1-16-4-3-5-19(21-16)22-12-14-23(15-13-22)20(24)11-8-17-6-9-18(25-2)10-7-17/h3-6,8-9,11H,2,12-15H2,1H3;3-8,11H,2,12-15H2,1H3;3-9H,12-15H2,1-2H3;3-7,9-10H,12-15H2,1-2H3. The molecule has 520 valence electrons. The maximum Gasteiger partial charge on any atom is 0.311 e. The normalized spacial score (nSPS) is 13.8. The van der Waals surface area contributed by atoms with E-state index in [0.717, 1.165) is 94.2 Å². The molecule has 0 bridgehead atoms. The summed E-state index contributed by atoms with van der Waals surface area (Å²) >= 11 is 0. The average molecular weight is 1370 g/mol. The molecule has 4 aliphatic rings. The molecule has 4 aromatic heterocycles. The van der Waals surface area contributed by atoms with Gasteiger partial charge in [0.25, 0.3) is 11.8 Å². The number of carbonyl (C=O) groups excluding carboxylic acids is 2. The zero-order valence-corrected chi connectivity index (χ0v) is 58.4. The van der Waals surface area contributed by atoms with Crippen LogP contribution in [0.5, 0.6) is 11.5 Å². The van der Waals surface area contributed by atoms with Crippen LogP contribution in [0.25, 0.3) is 0 Å². The van der Waals surface area contributed by atoms with Gasteiger partial charge >= 0.3 is 11.4 Å². The van der Waals surface area contributed by atoms with E-state index in [9.17, 15) is 29.8 Å². The maximum absolute atomic E-state index is 12.3. The highest BCUT2D eigenvalue weighted by Crippen LogP contribution is 2.28. The number of hydrogen-bond donors (Lipinski definition) is 0. The summed E-state index contributed by atoms with van der Waals surface area (Å²) in [5.74, 6) is 27.8. The van der Waals surface area contributed by atoms with Crippen molar-refractivity contribution in [2.45, 2.75) is 27.7 Å². The van der Waals surface area contributed by atoms with Crippen LogP contribution in [-0.2, 0) is 9.59 Å². The fourth-order valence-corrected chi connectivity index (χ4v) is 11.2. The first-order valence-electron chi connectivity index (χ1n) is 33.4. The largest absolute Gasteiger partial charge is 0.497 e. The number of nitro groups is 2. The first-order chi connectivity index (χ1) is 49.4. The molecular formula is C80H82N14O8. The number of methoxy groups -OCH3 is 2. The van der Waals surface area contributed by atoms with E-state index in [-0.39, 0.29) is 33.0 Å². The maximum atomic E-state index is 12.3. The summed E-state index contributed by atoms with van der Waals surface area (Å²) in [5.41, 5.74) is 9.44. The molecule has 0 radical (unpaired) electrons. The van der Waals surface area contributed by atoms with Gasteiger partial charge in [-0.1, -0.05) is 97.0 Å². The van der Waals surface area contributed by atoms with Crippen LogP contribution < -0.4 is 29.1 Å². The number of rotatable bonds is 10. The Bertz CT molecular complexity index is 4530. The Kier molecular flexibility index (Phi) is 26.5. The fraction of sp³-hybridized carbons (Fsp3) is 0.275. The minimum Gasteiger partial charge on any atom is -0.497 e. The lowest BCUT2D eigenvalue weighted by molar-refractivity contribution is -0.384. The topological polar surface area (TPSA) is 216 Å². The molecule has 4 aliphatic heterocycles. The second-order valence-corrected chi connectivity index (χ2v) is 24.0. The molecule has 0 aliphatic carbocycles. The molecule has 2 amide bonds. The predicted octanol–water partition coefficient (Wildman–Crippen LogP) is 10.2. The van der Waals surface area contributed by atoms with Crippen LogP contribution >= 0.6 is 0 Å². The highest BCUT2D eigenvalue weighted by molar-refractivity contribution is 5.95. The van der Waals surface area contributed by atoms with Gasteiger partial charge in [0.2, 0.25) is 11.6 Å². The van der Waals surface area contributed by atoms with Gasteiger partial charge in [0, 0.05) is 169 Å². The lowest BCUT2D eigenvalue weighted by atomic mass is 10.1. The van der Waals surface area contributed by atoms with Gasteiger partial charge in [0.1, 0.15) is 23.1 Å². The van der Waals surface area contributed by atoms with Gasteiger partial charge < -0.3 is 48.7 Å². The van der Waals surface area contributed by atoms with E-state index in [2.05, 4.69) is 100 Å². The summed E-state index contributed by atoms with van der Waals surface area (Å²) < 4.78 is 10.4. The Balaban J connectivity index is 0.000000158. The number of allylic oxidation sites excluding steroid dienone is 2. The smallest absolute Gasteiger partial charge is 0.311 e. The number of pyridine rings is 4. The third-order valence-electron chi connectivity index (χ3n) is 17.1. The second kappa shape index (κ2) is 36.8. The zero-order chi connectivity index (χ0) is 72.3. The summed E-state index contributed by atoms with van der Waals surface area (Å²) in [6.07, 6.45) is 3.17. The number of benzene rings is 4. The number of anilines is 4. The Morgan fingerprint density at radius 2 is 0.824 bits per heavy atom. The van der Waals surface area contributed by atoms with E-state index in [1.54, 1.807) is 48.5 Å². The number of aromatic nitrogens is 4. The van der Waals surface area contributed by atoms with Gasteiger partial charge in [-0.25, -0.2) is 19.9 Å². The van der Waals surface area contributed by atoms with Crippen molar-refractivity contribution in [1.29, 1.82) is 0 Å². The number of piperazine rings is 4. The summed E-state index contributed by atoms with van der Waals surface area (Å²) in [4.78, 5) is 79.8. The predicted molar refractivity (Wildman–Crippen MR) is 399 cm³/mol. The van der Waals surface area contributed by atoms with Crippen molar-refractivity contribution < 1.29 is 28.9 Å². The minimum atomic E-state index is -0.388. The molecule has 8 heterocycles. The van der Waals surface area contributed by atoms with Crippen LogP contribution in [0.2, 0.25) is 0 Å². The molecule has 0 N–H and O–H groups in total. The molecule has 22 nitrogen and oxygen atoms in total. The molecule has 4 aromatic carbocycles. The number of ether oxygens (including phenoxy) is 2. The van der Waals surface area contributed by atoms with Gasteiger partial charge in [-0.2, -0.15) is 0 Å². The van der Waals surface area contributed by atoms with E-state index in [4.69, 9.17) is 9.47 Å². The van der Waals surface area contributed by atoms with Gasteiger partial charge in [0.05, 0.1) is 41.0 Å². The number of carbonyl (C=O) groups is 2. The Morgan fingerprint density at radius 1 is 0.422 bits per heavy atom. The zero-order valence-electron chi connectivity index (χ0n) is 58.4. The van der Waals surface area contributed by atoms with Crippen molar-refractivity contribution in [3.63, 3.8) is 0 Å². The molecule has 0 saturated carbocycles. The first-order valence-corrected chi connectivity index (χ1v) is 33.4. The summed E-state index contributed by atoms with van der Waals surface area (Å²) in [6.45, 7) is 27.2. The van der Waals surface area contributed by atoms with E-state index in [1.165, 1.54) is 17.7 Å². The number of para-hydroxylation sites is 1. The molecule has 22 heteroatoms. The lowest BCUT2D eigenvalue weighted by Gasteiger charge is -2.35. The van der Waals surface area contributed by atoms with Crippen molar-refractivity contribution in [1.82, 2.24) is 39.5 Å². The Morgan fingerprint density at radius 3 is 1.27 bits per heavy atom. The second-order valence-electron chi connectivity index (χ2n) is 24.0. The SMILES string of the molecule is C=C(C#Cc1ccc(C)cc1)N1CCN(c2ncccc2[N+](=O)[O-])CC1.C=C(C#Cc1ccccc1C)N1CCN(c2ncccc2[N+](=O)[O-])CC1.COc1ccc(C#CC(=O)N2CCN(c3cccc(C)n3)CC2)cc1.COc1ccccc1C#CC(=O)N1CCN(c2cccc(C)n2)CC1. The molecule has 0 spiro atoms. The summed E-state index contributed by atoms with van der Waals surface area (Å²) in [7, 11) is 3.22. The monoisotopic (exact) mass is 1370 g/mol. The van der Waals surface area contributed by atoms with Crippen LogP contribution in [0.15, 0.2) is 195 Å². The molecule has 0 atom stereocenters. The van der Waals surface area contributed by atoms with Crippen molar-refractivity contribution in [2.75, 3.05) is 139 Å². The Labute approximate surface area is 596 Å². The van der Waals surface area contributed by atoms with Gasteiger partial charge in [-0.15, -0.1) is 0 Å². The third kappa shape index (κ3) is 21.2. The van der Waals surface area contributed by atoms with Crippen LogP contribution in [0.4, 0.5) is 34.6 Å². The van der Waals surface area contributed by atoms with Crippen molar-refractivity contribution in [3.05, 3.63) is 260 Å². The van der Waals surface area contributed by atoms with E-state index in [0.29, 0.717) is 95.9 Å². The third-order valence-corrected chi connectivity index (χ3v) is 17.1. The van der Waals surface area contributed by atoms with Crippen molar-refractivity contribution in [2.24, 2.45) is 0 Å². The summed E-state index contributed by atoms with van der Waals surface area (Å²) in [6, 6.07) is 49.0. The number of amides is 2. The van der Waals surface area contributed by atoms with Crippen molar-refractivity contribution in [3.8, 4) is 58.9 Å². The first kappa shape index (κ1) is 73.6. The van der Waals surface area contributed by atoms with Crippen LogP contribution in [0.3, 0.4) is 0 Å². The van der Waals surface area contributed by atoms with Gasteiger partial charge in [0.15, 0.2) is 0 Å². The molecule has 4 fully saturated rings. The number of nitrogens with zero attached hydrogens (tertiary/aromatic N) is 14. The van der Waals surface area contributed by atoms with Crippen LogP contribution in [0.1, 0.15) is 44.8 Å². The highest BCUT2D eigenvalue weighted by atomic mass is 16.6. The quantitative estimate of drug-likeness (QED) is 0.0707. The minimum absolute atomic E-state index is 0.0407. The average Bonchev–Trinajstić information content (AvgIpc) is 0.844. The highest BCUT2D eigenvalue weighted by Gasteiger charge is 2.28. The molecule has 102 heavy (non-hydrogen) atoms. The molecule has 0 unspecified atom stereocenters. The summed E-state index contributed by atoms with van der Waals surface area (Å²) in [5, 5.41) is 22.4. The van der Waals surface area contributed by atoms with Crippen molar-refractivity contribution >= 4 is 46.5 Å². The lowest BCUT2D eigenvalue weighted by Crippen LogP contribution is -2.48.